The van der Waals surface area contributed by atoms with Crippen molar-refractivity contribution in [3.63, 3.8) is 0 Å². The van der Waals surface area contributed by atoms with Crippen LogP contribution in [0.15, 0.2) is 18.2 Å². The SMILES string of the molecule is CNCC(=O)N1CCN(C(=O)c2cccc(Cl)c2Cl)CC1. The van der Waals surface area contributed by atoms with Crippen LogP contribution in [-0.2, 0) is 4.79 Å². The summed E-state index contributed by atoms with van der Waals surface area (Å²) in [6.07, 6.45) is 0. The van der Waals surface area contributed by atoms with E-state index in [1.54, 1.807) is 35.0 Å². The molecule has 0 aromatic heterocycles. The van der Waals surface area contributed by atoms with E-state index in [1.165, 1.54) is 0 Å². The van der Waals surface area contributed by atoms with E-state index < -0.39 is 0 Å². The molecule has 1 aliphatic heterocycles. The quantitative estimate of drug-likeness (QED) is 0.914. The molecule has 2 amide bonds. The number of rotatable bonds is 3. The molecule has 1 saturated heterocycles. The molecule has 0 atom stereocenters. The van der Waals surface area contributed by atoms with Gasteiger partial charge in [-0.1, -0.05) is 29.3 Å². The average Bonchev–Trinajstić information content (AvgIpc) is 2.50. The molecule has 0 radical (unpaired) electrons. The van der Waals surface area contributed by atoms with Gasteiger partial charge in [0.15, 0.2) is 0 Å². The summed E-state index contributed by atoms with van der Waals surface area (Å²) in [6, 6.07) is 5.01. The molecule has 7 heteroatoms. The Morgan fingerprint density at radius 1 is 1.14 bits per heavy atom. The van der Waals surface area contributed by atoms with Gasteiger partial charge in [-0.05, 0) is 19.2 Å². The summed E-state index contributed by atoms with van der Waals surface area (Å²) in [7, 11) is 1.73. The molecule has 114 valence electrons. The van der Waals surface area contributed by atoms with Gasteiger partial charge in [0.25, 0.3) is 5.91 Å². The van der Waals surface area contributed by atoms with Gasteiger partial charge in [0.1, 0.15) is 0 Å². The van der Waals surface area contributed by atoms with Crippen molar-refractivity contribution < 1.29 is 9.59 Å². The van der Waals surface area contributed by atoms with Gasteiger partial charge in [0.05, 0.1) is 22.2 Å². The average molecular weight is 330 g/mol. The predicted octanol–water partition coefficient (Wildman–Crippen LogP) is 1.50. The monoisotopic (exact) mass is 329 g/mol. The van der Waals surface area contributed by atoms with E-state index in [-0.39, 0.29) is 16.8 Å². The maximum atomic E-state index is 12.4. The normalized spacial score (nSPS) is 15.2. The van der Waals surface area contributed by atoms with Crippen molar-refractivity contribution in [2.24, 2.45) is 0 Å². The van der Waals surface area contributed by atoms with Crippen LogP contribution >= 0.6 is 23.2 Å². The van der Waals surface area contributed by atoms with Crippen LogP contribution in [0.1, 0.15) is 10.4 Å². The van der Waals surface area contributed by atoms with E-state index in [0.29, 0.717) is 43.3 Å². The highest BCUT2D eigenvalue weighted by Gasteiger charge is 2.25. The highest BCUT2D eigenvalue weighted by molar-refractivity contribution is 6.43. The van der Waals surface area contributed by atoms with Gasteiger partial charge < -0.3 is 15.1 Å². The first-order chi connectivity index (χ1) is 10.0. The number of carbonyl (C=O) groups excluding carboxylic acids is 2. The van der Waals surface area contributed by atoms with Crippen molar-refractivity contribution in [3.05, 3.63) is 33.8 Å². The Hall–Kier alpha value is -1.30. The lowest BCUT2D eigenvalue weighted by Crippen LogP contribution is -2.52. The maximum Gasteiger partial charge on any atom is 0.255 e. The molecule has 0 spiro atoms. The fourth-order valence-corrected chi connectivity index (χ4v) is 2.64. The minimum Gasteiger partial charge on any atom is -0.338 e. The summed E-state index contributed by atoms with van der Waals surface area (Å²) >= 11 is 12.0. The lowest BCUT2D eigenvalue weighted by molar-refractivity contribution is -0.131. The zero-order valence-electron chi connectivity index (χ0n) is 11.7. The summed E-state index contributed by atoms with van der Waals surface area (Å²) < 4.78 is 0. The van der Waals surface area contributed by atoms with Gasteiger partial charge in [0.2, 0.25) is 5.91 Å². The number of likely N-dealkylation sites (N-methyl/N-ethyl adjacent to an activating group) is 1. The molecule has 1 fully saturated rings. The summed E-state index contributed by atoms with van der Waals surface area (Å²) in [5, 5.41) is 3.48. The zero-order valence-corrected chi connectivity index (χ0v) is 13.2. The summed E-state index contributed by atoms with van der Waals surface area (Å²) in [6.45, 7) is 2.37. The van der Waals surface area contributed by atoms with E-state index >= 15 is 0 Å². The van der Waals surface area contributed by atoms with Crippen LogP contribution in [0.2, 0.25) is 10.0 Å². The fourth-order valence-electron chi connectivity index (χ4n) is 2.26. The van der Waals surface area contributed by atoms with Gasteiger partial charge in [-0.2, -0.15) is 0 Å². The molecule has 1 heterocycles. The molecule has 1 aliphatic rings. The summed E-state index contributed by atoms with van der Waals surface area (Å²) in [4.78, 5) is 27.7. The van der Waals surface area contributed by atoms with E-state index in [9.17, 15) is 9.59 Å². The second-order valence-electron chi connectivity index (χ2n) is 4.80. The number of amides is 2. The first-order valence-electron chi connectivity index (χ1n) is 6.70. The topological polar surface area (TPSA) is 52.7 Å². The predicted molar refractivity (Wildman–Crippen MR) is 82.9 cm³/mol. The smallest absolute Gasteiger partial charge is 0.255 e. The zero-order chi connectivity index (χ0) is 15.4. The van der Waals surface area contributed by atoms with E-state index in [2.05, 4.69) is 5.32 Å². The van der Waals surface area contributed by atoms with Gasteiger partial charge in [-0.3, -0.25) is 9.59 Å². The van der Waals surface area contributed by atoms with Crippen LogP contribution in [0, 0.1) is 0 Å². The van der Waals surface area contributed by atoms with Crippen molar-refractivity contribution in [2.45, 2.75) is 0 Å². The summed E-state index contributed by atoms with van der Waals surface area (Å²) in [5.74, 6) is -0.103. The lowest BCUT2D eigenvalue weighted by Gasteiger charge is -2.35. The Balaban J connectivity index is 2.00. The Morgan fingerprint density at radius 3 is 2.38 bits per heavy atom. The van der Waals surface area contributed by atoms with Gasteiger partial charge in [-0.25, -0.2) is 0 Å². The lowest BCUT2D eigenvalue weighted by atomic mass is 10.1. The third-order valence-corrected chi connectivity index (χ3v) is 4.25. The molecule has 0 bridgehead atoms. The standard InChI is InChI=1S/C14H17Cl2N3O2/c1-17-9-12(20)18-5-7-19(8-6-18)14(21)10-3-2-4-11(15)13(10)16/h2-4,17H,5-9H2,1H3. The highest BCUT2D eigenvalue weighted by Crippen LogP contribution is 2.26. The van der Waals surface area contributed by atoms with Crippen molar-refractivity contribution in [1.82, 2.24) is 15.1 Å². The van der Waals surface area contributed by atoms with Crippen molar-refractivity contribution in [3.8, 4) is 0 Å². The van der Waals surface area contributed by atoms with Gasteiger partial charge in [0, 0.05) is 26.2 Å². The molecular formula is C14H17Cl2N3O2. The first kappa shape index (κ1) is 16.1. The number of benzene rings is 1. The van der Waals surface area contributed by atoms with Crippen molar-refractivity contribution >= 4 is 35.0 Å². The Labute approximate surface area is 133 Å². The summed E-state index contributed by atoms with van der Waals surface area (Å²) in [5.41, 5.74) is 0.402. The highest BCUT2D eigenvalue weighted by atomic mass is 35.5. The molecule has 2 rings (SSSR count). The molecule has 21 heavy (non-hydrogen) atoms. The van der Waals surface area contributed by atoms with Crippen molar-refractivity contribution in [2.75, 3.05) is 39.8 Å². The number of hydrogen-bond acceptors (Lipinski definition) is 3. The maximum absolute atomic E-state index is 12.4. The first-order valence-corrected chi connectivity index (χ1v) is 7.46. The number of nitrogens with one attached hydrogen (secondary N) is 1. The minimum atomic E-state index is -0.150. The van der Waals surface area contributed by atoms with Gasteiger partial charge in [-0.15, -0.1) is 0 Å². The Morgan fingerprint density at radius 2 is 1.76 bits per heavy atom. The van der Waals surface area contributed by atoms with Crippen LogP contribution in [0.3, 0.4) is 0 Å². The number of piperazine rings is 1. The molecule has 5 nitrogen and oxygen atoms in total. The molecule has 0 aliphatic carbocycles. The molecule has 0 unspecified atom stereocenters. The molecule has 1 aromatic carbocycles. The fraction of sp³-hybridized carbons (Fsp3) is 0.429. The van der Waals surface area contributed by atoms with Crippen LogP contribution in [0.5, 0.6) is 0 Å². The molecule has 0 saturated carbocycles. The van der Waals surface area contributed by atoms with E-state index in [0.717, 1.165) is 0 Å². The van der Waals surface area contributed by atoms with Crippen molar-refractivity contribution in [1.29, 1.82) is 0 Å². The largest absolute Gasteiger partial charge is 0.338 e. The second kappa shape index (κ2) is 7.11. The van der Waals surface area contributed by atoms with Gasteiger partial charge >= 0.3 is 0 Å². The van der Waals surface area contributed by atoms with Crippen LogP contribution in [0.4, 0.5) is 0 Å². The Kier molecular flexibility index (Phi) is 5.45. The van der Waals surface area contributed by atoms with Crippen LogP contribution < -0.4 is 5.32 Å². The Bertz CT molecular complexity index is 543. The minimum absolute atomic E-state index is 0.0467. The third-order valence-electron chi connectivity index (χ3n) is 3.43. The molecule has 1 N–H and O–H groups in total. The third kappa shape index (κ3) is 3.67. The van der Waals surface area contributed by atoms with Crippen LogP contribution in [0.25, 0.3) is 0 Å². The number of nitrogens with zero attached hydrogens (tertiary/aromatic N) is 2. The number of halogens is 2. The van der Waals surface area contributed by atoms with E-state index in [1.807, 2.05) is 0 Å². The van der Waals surface area contributed by atoms with Crippen LogP contribution in [-0.4, -0.2) is 61.4 Å². The number of carbonyl (C=O) groups is 2. The number of hydrogen-bond donors (Lipinski definition) is 1. The second-order valence-corrected chi connectivity index (χ2v) is 5.59. The molecule has 1 aromatic rings. The molecular weight excluding hydrogens is 313 g/mol. The van der Waals surface area contributed by atoms with E-state index in [4.69, 9.17) is 23.2 Å².